The van der Waals surface area contributed by atoms with Crippen LogP contribution in [0.15, 0.2) is 77.7 Å². The van der Waals surface area contributed by atoms with Crippen LogP contribution in [0.2, 0.25) is 0 Å². The fraction of sp³-hybridized carbons (Fsp3) is 0.208. The minimum absolute atomic E-state index is 0.0100. The maximum absolute atomic E-state index is 13.5. The molecule has 1 aliphatic rings. The molecule has 1 unspecified atom stereocenters. The highest BCUT2D eigenvalue weighted by molar-refractivity contribution is 7.92. The molecule has 0 saturated heterocycles. The van der Waals surface area contributed by atoms with Crippen molar-refractivity contribution in [3.63, 3.8) is 0 Å². The van der Waals surface area contributed by atoms with Crippen LogP contribution >= 0.6 is 0 Å². The lowest BCUT2D eigenvalue weighted by Gasteiger charge is -2.31. The molecule has 0 fully saturated rings. The van der Waals surface area contributed by atoms with Gasteiger partial charge in [-0.05, 0) is 48.0 Å². The summed E-state index contributed by atoms with van der Waals surface area (Å²) >= 11 is 0. The molecule has 4 rings (SSSR count). The van der Waals surface area contributed by atoms with E-state index in [4.69, 9.17) is 4.74 Å². The fourth-order valence-corrected chi connectivity index (χ4v) is 5.03. The van der Waals surface area contributed by atoms with Gasteiger partial charge in [0.25, 0.3) is 10.0 Å². The van der Waals surface area contributed by atoms with Crippen LogP contribution in [0.25, 0.3) is 0 Å². The van der Waals surface area contributed by atoms with Crippen molar-refractivity contribution >= 4 is 27.5 Å². The Hall–Kier alpha value is -3.80. The highest BCUT2D eigenvalue weighted by atomic mass is 32.2. The molecular formula is C24H20F4N2O5S. The number of carbonyl (C=O) groups is 1. The SMILES string of the molecule is O=C(Nc1ccc2c(c1)N(S(=O)(=O)c1ccc(F)cc1)CCO2)OC(Cc1ccccc1)C(F)(F)F. The molecule has 0 bridgehead atoms. The fourth-order valence-electron chi connectivity index (χ4n) is 3.58. The second-order valence-electron chi connectivity index (χ2n) is 7.81. The molecule has 0 radical (unpaired) electrons. The third-order valence-corrected chi connectivity index (χ3v) is 7.13. The smallest absolute Gasteiger partial charge is 0.425 e. The van der Waals surface area contributed by atoms with Gasteiger partial charge < -0.3 is 9.47 Å². The van der Waals surface area contributed by atoms with E-state index in [2.05, 4.69) is 10.1 Å². The van der Waals surface area contributed by atoms with Crippen molar-refractivity contribution in [2.75, 3.05) is 22.8 Å². The molecule has 12 heteroatoms. The Morgan fingerprint density at radius 2 is 1.75 bits per heavy atom. The second kappa shape index (κ2) is 10.1. The van der Waals surface area contributed by atoms with Crippen molar-refractivity contribution in [1.29, 1.82) is 0 Å². The van der Waals surface area contributed by atoms with E-state index < -0.39 is 40.6 Å². The predicted octanol–water partition coefficient (Wildman–Crippen LogP) is 5.14. The lowest BCUT2D eigenvalue weighted by atomic mass is 10.1. The number of hydrogen-bond acceptors (Lipinski definition) is 5. The zero-order chi connectivity index (χ0) is 25.9. The van der Waals surface area contributed by atoms with Gasteiger partial charge in [-0.15, -0.1) is 0 Å². The van der Waals surface area contributed by atoms with E-state index in [0.29, 0.717) is 5.56 Å². The summed E-state index contributed by atoms with van der Waals surface area (Å²) in [5.74, 6) is -0.422. The molecule has 1 heterocycles. The first-order valence-corrected chi connectivity index (χ1v) is 12.1. The van der Waals surface area contributed by atoms with Crippen molar-refractivity contribution in [2.45, 2.75) is 23.6 Å². The molecule has 1 N–H and O–H groups in total. The van der Waals surface area contributed by atoms with Gasteiger partial charge >= 0.3 is 12.3 Å². The Morgan fingerprint density at radius 1 is 1.06 bits per heavy atom. The van der Waals surface area contributed by atoms with Crippen LogP contribution in [-0.2, 0) is 21.2 Å². The van der Waals surface area contributed by atoms with Crippen molar-refractivity contribution in [1.82, 2.24) is 0 Å². The molecule has 36 heavy (non-hydrogen) atoms. The lowest BCUT2D eigenvalue weighted by molar-refractivity contribution is -0.201. The summed E-state index contributed by atoms with van der Waals surface area (Å²) in [6, 6.07) is 16.0. The van der Waals surface area contributed by atoms with Crippen LogP contribution < -0.4 is 14.4 Å². The first-order valence-electron chi connectivity index (χ1n) is 10.7. The number of nitrogens with one attached hydrogen (secondary N) is 1. The number of nitrogens with zero attached hydrogens (tertiary/aromatic N) is 1. The third-order valence-electron chi connectivity index (χ3n) is 5.31. The average Bonchev–Trinajstić information content (AvgIpc) is 2.83. The van der Waals surface area contributed by atoms with Gasteiger partial charge in [-0.3, -0.25) is 9.62 Å². The van der Waals surface area contributed by atoms with Crippen LogP contribution in [0.4, 0.5) is 33.7 Å². The van der Waals surface area contributed by atoms with Gasteiger partial charge in [0.2, 0.25) is 6.10 Å². The number of ether oxygens (including phenoxy) is 2. The molecule has 0 saturated carbocycles. The summed E-state index contributed by atoms with van der Waals surface area (Å²) in [7, 11) is -4.12. The zero-order valence-electron chi connectivity index (χ0n) is 18.5. The van der Waals surface area contributed by atoms with Crippen molar-refractivity contribution in [3.05, 3.63) is 84.2 Å². The molecule has 0 aliphatic carbocycles. The van der Waals surface area contributed by atoms with Crippen molar-refractivity contribution in [2.24, 2.45) is 0 Å². The van der Waals surface area contributed by atoms with Gasteiger partial charge in [0.05, 0.1) is 17.1 Å². The first kappa shape index (κ1) is 25.3. The summed E-state index contributed by atoms with van der Waals surface area (Å²) in [6.07, 6.45) is -9.13. The summed E-state index contributed by atoms with van der Waals surface area (Å²) in [5, 5.41) is 2.21. The average molecular weight is 524 g/mol. The van der Waals surface area contributed by atoms with Crippen LogP contribution in [0.3, 0.4) is 0 Å². The number of hydrogen-bond donors (Lipinski definition) is 1. The number of carbonyl (C=O) groups excluding carboxylic acids is 1. The van der Waals surface area contributed by atoms with Crippen LogP contribution in [0.5, 0.6) is 5.75 Å². The third kappa shape index (κ3) is 5.70. The largest absolute Gasteiger partial charge is 0.489 e. The molecule has 7 nitrogen and oxygen atoms in total. The number of benzene rings is 3. The summed E-state index contributed by atoms with van der Waals surface area (Å²) in [5.41, 5.74) is 0.379. The molecule has 1 aliphatic heterocycles. The molecule has 1 amide bonds. The van der Waals surface area contributed by atoms with Crippen LogP contribution in [-0.4, -0.2) is 39.9 Å². The van der Waals surface area contributed by atoms with E-state index in [-0.39, 0.29) is 35.2 Å². The normalized spacial score (nSPS) is 14.4. The van der Waals surface area contributed by atoms with E-state index >= 15 is 0 Å². The number of sulfonamides is 1. The Morgan fingerprint density at radius 3 is 2.42 bits per heavy atom. The maximum atomic E-state index is 13.5. The van der Waals surface area contributed by atoms with E-state index in [1.807, 2.05) is 0 Å². The predicted molar refractivity (Wildman–Crippen MR) is 123 cm³/mol. The maximum Gasteiger partial charge on any atom is 0.425 e. The van der Waals surface area contributed by atoms with Gasteiger partial charge in [0, 0.05) is 12.1 Å². The summed E-state index contributed by atoms with van der Waals surface area (Å²) in [6.45, 7) is -0.0389. The number of amides is 1. The number of rotatable bonds is 6. The monoisotopic (exact) mass is 524 g/mol. The minimum atomic E-state index is -4.81. The van der Waals surface area contributed by atoms with E-state index in [1.165, 1.54) is 30.3 Å². The van der Waals surface area contributed by atoms with E-state index in [0.717, 1.165) is 28.6 Å². The number of fused-ring (bicyclic) bond motifs is 1. The van der Waals surface area contributed by atoms with Crippen molar-refractivity contribution < 1.29 is 40.2 Å². The number of alkyl halides is 3. The molecule has 190 valence electrons. The Balaban J connectivity index is 1.54. The van der Waals surface area contributed by atoms with Gasteiger partial charge in [-0.1, -0.05) is 30.3 Å². The van der Waals surface area contributed by atoms with Crippen LogP contribution in [0.1, 0.15) is 5.56 Å². The number of halogens is 4. The Kier molecular flexibility index (Phi) is 7.07. The summed E-state index contributed by atoms with van der Waals surface area (Å²) in [4.78, 5) is 12.2. The zero-order valence-corrected chi connectivity index (χ0v) is 19.4. The molecule has 1 atom stereocenters. The first-order chi connectivity index (χ1) is 17.0. The van der Waals surface area contributed by atoms with E-state index in [1.54, 1.807) is 18.2 Å². The quantitative estimate of drug-likeness (QED) is 0.452. The topological polar surface area (TPSA) is 84.9 Å². The Labute approximate surface area is 204 Å². The minimum Gasteiger partial charge on any atom is -0.489 e. The van der Waals surface area contributed by atoms with E-state index in [9.17, 15) is 30.8 Å². The van der Waals surface area contributed by atoms with Crippen molar-refractivity contribution in [3.8, 4) is 5.75 Å². The van der Waals surface area contributed by atoms with Gasteiger partial charge in [-0.2, -0.15) is 13.2 Å². The molecule has 3 aromatic carbocycles. The second-order valence-corrected chi connectivity index (χ2v) is 9.67. The molecular weight excluding hydrogens is 504 g/mol. The van der Waals surface area contributed by atoms with Crippen LogP contribution in [0, 0.1) is 5.82 Å². The standard InChI is InChI=1S/C24H20F4N2O5S/c25-17-6-9-19(10-7-17)36(32,33)30-12-13-34-21-11-8-18(15-20(21)30)29-23(31)35-22(24(26,27)28)14-16-4-2-1-3-5-16/h1-11,15,22H,12-14H2,(H,29,31). The van der Waals surface area contributed by atoms with Gasteiger partial charge in [0.15, 0.2) is 0 Å². The molecule has 0 spiro atoms. The Bertz CT molecular complexity index is 1330. The highest BCUT2D eigenvalue weighted by Gasteiger charge is 2.43. The number of anilines is 2. The molecule has 3 aromatic rings. The summed E-state index contributed by atoms with van der Waals surface area (Å²) < 4.78 is 91.1. The van der Waals surface area contributed by atoms with Gasteiger partial charge in [-0.25, -0.2) is 17.6 Å². The molecule has 0 aromatic heterocycles. The van der Waals surface area contributed by atoms with Gasteiger partial charge in [0.1, 0.15) is 18.2 Å². The highest BCUT2D eigenvalue weighted by Crippen LogP contribution is 2.37. The lowest BCUT2D eigenvalue weighted by Crippen LogP contribution is -2.38.